The van der Waals surface area contributed by atoms with Crippen molar-refractivity contribution in [1.29, 1.82) is 0 Å². The van der Waals surface area contributed by atoms with E-state index < -0.39 is 0 Å². The van der Waals surface area contributed by atoms with E-state index in [4.69, 9.17) is 27.6 Å². The Labute approximate surface area is 165 Å². The van der Waals surface area contributed by atoms with E-state index in [0.717, 1.165) is 42.1 Å². The van der Waals surface area contributed by atoms with E-state index in [2.05, 4.69) is 5.32 Å². The van der Waals surface area contributed by atoms with Crippen molar-refractivity contribution in [2.24, 2.45) is 0 Å². The Balaban J connectivity index is 1.67. The van der Waals surface area contributed by atoms with Gasteiger partial charge in [-0.15, -0.1) is 23.5 Å². The summed E-state index contributed by atoms with van der Waals surface area (Å²) in [6.45, 7) is 1.99. The second-order valence-corrected chi connectivity index (χ2v) is 10.2. The Hall–Kier alpha value is -0.750. The molecule has 0 atom stereocenters. The number of halogens is 2. The third-order valence-corrected chi connectivity index (χ3v) is 8.56. The van der Waals surface area contributed by atoms with Gasteiger partial charge >= 0.3 is 0 Å². The minimum atomic E-state index is -0.256. The highest BCUT2D eigenvalue weighted by Gasteiger charge is 2.45. The van der Waals surface area contributed by atoms with Crippen molar-refractivity contribution in [2.75, 3.05) is 16.8 Å². The molecule has 1 aromatic heterocycles. The van der Waals surface area contributed by atoms with Crippen LogP contribution in [0.1, 0.15) is 40.3 Å². The van der Waals surface area contributed by atoms with Gasteiger partial charge in [-0.2, -0.15) is 0 Å². The van der Waals surface area contributed by atoms with Crippen molar-refractivity contribution >= 4 is 58.3 Å². The zero-order chi connectivity index (χ0) is 17.6. The molecule has 0 unspecified atom stereocenters. The number of nitrogens with one attached hydrogen (secondary N) is 1. The predicted molar refractivity (Wildman–Crippen MR) is 107 cm³/mol. The average molecular weight is 414 g/mol. The highest BCUT2D eigenvalue weighted by Crippen LogP contribution is 2.59. The first kappa shape index (κ1) is 17.7. The molecule has 1 aliphatic carbocycles. The Morgan fingerprint density at radius 1 is 1.20 bits per heavy atom. The van der Waals surface area contributed by atoms with Gasteiger partial charge in [0.15, 0.2) is 5.76 Å². The largest absolute Gasteiger partial charge is 0.455 e. The monoisotopic (exact) mass is 413 g/mol. The van der Waals surface area contributed by atoms with Crippen LogP contribution in [-0.2, 0) is 10.5 Å². The molecule has 1 aliphatic heterocycles. The fraction of sp³-hybridized carbons (Fsp3) is 0.389. The molecule has 1 aromatic carbocycles. The number of carbonyl (C=O) groups is 1. The molecule has 7 heteroatoms. The maximum atomic E-state index is 12.8. The third kappa shape index (κ3) is 3.20. The Morgan fingerprint density at radius 2 is 1.88 bits per heavy atom. The van der Waals surface area contributed by atoms with E-state index in [1.807, 2.05) is 30.4 Å². The Bertz CT molecular complexity index is 824. The normalized spacial score (nSPS) is 18.4. The zero-order valence-corrected chi connectivity index (χ0v) is 16.8. The van der Waals surface area contributed by atoms with E-state index in [-0.39, 0.29) is 9.99 Å². The van der Waals surface area contributed by atoms with Crippen LogP contribution in [0.5, 0.6) is 0 Å². The van der Waals surface area contributed by atoms with Crippen LogP contribution in [0.15, 0.2) is 22.6 Å². The predicted octanol–water partition coefficient (Wildman–Crippen LogP) is 6.12. The molecule has 0 bridgehead atoms. The van der Waals surface area contributed by atoms with Crippen molar-refractivity contribution in [1.82, 2.24) is 0 Å². The number of hydrogen-bond acceptors (Lipinski definition) is 4. The molecule has 1 spiro atoms. The van der Waals surface area contributed by atoms with Crippen LogP contribution < -0.4 is 5.32 Å². The maximum Gasteiger partial charge on any atom is 0.291 e. The van der Waals surface area contributed by atoms with Gasteiger partial charge in [0.2, 0.25) is 0 Å². The summed E-state index contributed by atoms with van der Waals surface area (Å²) < 4.78 is 6.08. The number of carbonyl (C=O) groups excluding carboxylic acids is 1. The van der Waals surface area contributed by atoms with Crippen LogP contribution >= 0.6 is 46.7 Å². The summed E-state index contributed by atoms with van der Waals surface area (Å²) in [4.78, 5) is 12.8. The lowest BCUT2D eigenvalue weighted by Gasteiger charge is -2.31. The Morgan fingerprint density at radius 3 is 2.56 bits per heavy atom. The molecular formula is C18H17Cl2NO2S2. The molecule has 1 saturated heterocycles. The standard InChI is InChI=1S/C18H17Cl2NO2S2/c1-10-15-14(3-2-4-18(15)24-5-6-25-18)23-16(10)17(22)21-13-8-11(19)7-12(20)9-13/h7-9H,2-6H2,1H3,(H,21,22). The van der Waals surface area contributed by atoms with Crippen LogP contribution in [0, 0.1) is 6.92 Å². The van der Waals surface area contributed by atoms with Crippen molar-refractivity contribution in [3.63, 3.8) is 0 Å². The van der Waals surface area contributed by atoms with Crippen molar-refractivity contribution in [3.05, 3.63) is 50.9 Å². The number of hydrogen-bond donors (Lipinski definition) is 1. The quantitative estimate of drug-likeness (QED) is 0.643. The Kier molecular flexibility index (Phi) is 4.78. The van der Waals surface area contributed by atoms with Crippen LogP contribution in [0.25, 0.3) is 0 Å². The average Bonchev–Trinajstić information content (AvgIpc) is 3.12. The number of fused-ring (bicyclic) bond motifs is 2. The topological polar surface area (TPSA) is 42.2 Å². The fourth-order valence-corrected chi connectivity index (χ4v) is 7.71. The molecule has 0 radical (unpaired) electrons. The van der Waals surface area contributed by atoms with Crippen molar-refractivity contribution < 1.29 is 9.21 Å². The van der Waals surface area contributed by atoms with Gasteiger partial charge in [0.1, 0.15) is 5.76 Å². The van der Waals surface area contributed by atoms with E-state index in [0.29, 0.717) is 21.5 Å². The molecule has 1 fully saturated rings. The third-order valence-electron chi connectivity index (χ3n) is 4.59. The first-order chi connectivity index (χ1) is 12.0. The van der Waals surface area contributed by atoms with Crippen LogP contribution in [0.4, 0.5) is 5.69 Å². The minimum Gasteiger partial charge on any atom is -0.455 e. The van der Waals surface area contributed by atoms with E-state index in [1.54, 1.807) is 18.2 Å². The van der Waals surface area contributed by atoms with Gasteiger partial charge in [-0.3, -0.25) is 4.79 Å². The summed E-state index contributed by atoms with van der Waals surface area (Å²) in [5.41, 5.74) is 2.76. The minimum absolute atomic E-state index is 0.0685. The second-order valence-electron chi connectivity index (χ2n) is 6.27. The van der Waals surface area contributed by atoms with E-state index >= 15 is 0 Å². The second kappa shape index (κ2) is 6.76. The zero-order valence-electron chi connectivity index (χ0n) is 13.7. The highest BCUT2D eigenvalue weighted by molar-refractivity contribution is 8.20. The summed E-state index contributed by atoms with van der Waals surface area (Å²) in [6.07, 6.45) is 3.14. The van der Waals surface area contributed by atoms with Gasteiger partial charge in [0.25, 0.3) is 5.91 Å². The summed E-state index contributed by atoms with van der Waals surface area (Å²) >= 11 is 16.0. The molecule has 25 heavy (non-hydrogen) atoms. The number of benzene rings is 1. The molecule has 2 aromatic rings. The first-order valence-corrected chi connectivity index (χ1v) is 10.9. The fourth-order valence-electron chi connectivity index (χ4n) is 3.63. The number of aryl methyl sites for hydroxylation is 1. The van der Waals surface area contributed by atoms with E-state index in [1.165, 1.54) is 5.56 Å². The molecular weight excluding hydrogens is 397 g/mol. The van der Waals surface area contributed by atoms with Gasteiger partial charge < -0.3 is 9.73 Å². The van der Waals surface area contributed by atoms with Crippen LogP contribution in [-0.4, -0.2) is 17.4 Å². The summed E-state index contributed by atoms with van der Waals surface area (Å²) in [7, 11) is 0. The van der Waals surface area contributed by atoms with Crippen LogP contribution in [0.3, 0.4) is 0 Å². The molecule has 0 saturated carbocycles. The smallest absolute Gasteiger partial charge is 0.291 e. The SMILES string of the molecule is Cc1c(C(=O)Nc2cc(Cl)cc(Cl)c2)oc2c1C1(CCC2)SCCS1. The number of amides is 1. The van der Waals surface area contributed by atoms with Gasteiger partial charge in [-0.1, -0.05) is 23.2 Å². The first-order valence-electron chi connectivity index (χ1n) is 8.17. The molecule has 3 nitrogen and oxygen atoms in total. The molecule has 1 N–H and O–H groups in total. The van der Waals surface area contributed by atoms with Crippen molar-refractivity contribution in [3.8, 4) is 0 Å². The summed E-state index contributed by atoms with van der Waals surface area (Å²) in [5.74, 6) is 3.41. The number of thioether (sulfide) groups is 2. The maximum absolute atomic E-state index is 12.8. The van der Waals surface area contributed by atoms with Crippen LogP contribution in [0.2, 0.25) is 10.0 Å². The number of furan rings is 1. The molecule has 1 amide bonds. The van der Waals surface area contributed by atoms with Gasteiger partial charge in [0, 0.05) is 44.8 Å². The summed E-state index contributed by atoms with van der Waals surface area (Å²) in [5, 5.41) is 3.82. The highest BCUT2D eigenvalue weighted by atomic mass is 35.5. The van der Waals surface area contributed by atoms with Gasteiger partial charge in [0.05, 0.1) is 4.08 Å². The van der Waals surface area contributed by atoms with Gasteiger partial charge in [-0.25, -0.2) is 0 Å². The molecule has 132 valence electrons. The summed E-state index contributed by atoms with van der Waals surface area (Å²) in [6, 6.07) is 4.98. The number of rotatable bonds is 2. The van der Waals surface area contributed by atoms with Crippen molar-refractivity contribution in [2.45, 2.75) is 30.3 Å². The molecule has 2 heterocycles. The lowest BCUT2D eigenvalue weighted by Crippen LogP contribution is -2.21. The number of anilines is 1. The van der Waals surface area contributed by atoms with Gasteiger partial charge in [-0.05, 0) is 38.0 Å². The molecule has 4 rings (SSSR count). The lowest BCUT2D eigenvalue weighted by atomic mass is 9.94. The molecule has 2 aliphatic rings. The van der Waals surface area contributed by atoms with E-state index in [9.17, 15) is 4.79 Å². The lowest BCUT2D eigenvalue weighted by molar-refractivity contribution is 0.0994.